The molecule has 0 spiro atoms. The Labute approximate surface area is 150 Å². The third-order valence-electron chi connectivity index (χ3n) is 3.80. The second-order valence-corrected chi connectivity index (χ2v) is 5.54. The van der Waals surface area contributed by atoms with Crippen LogP contribution in [0.4, 0.5) is 10.7 Å². The van der Waals surface area contributed by atoms with Crippen molar-refractivity contribution in [2.75, 3.05) is 12.4 Å². The fourth-order valence-corrected chi connectivity index (χ4v) is 2.42. The molecule has 1 heterocycles. The molecule has 7 nitrogen and oxygen atoms in total. The summed E-state index contributed by atoms with van der Waals surface area (Å²) in [7, 11) is 1.60. The lowest BCUT2D eigenvalue weighted by atomic mass is 10.1. The van der Waals surface area contributed by atoms with Gasteiger partial charge in [-0.15, -0.1) is 0 Å². The van der Waals surface area contributed by atoms with E-state index in [9.17, 15) is 9.59 Å². The number of fused-ring (bicyclic) bond motifs is 1. The number of ether oxygens (including phenoxy) is 1. The van der Waals surface area contributed by atoms with E-state index in [1.165, 1.54) is 6.08 Å². The molecular weight excluding hydrogens is 332 g/mol. The number of carbonyl (C=O) groups is 2. The van der Waals surface area contributed by atoms with Gasteiger partial charge in [0.1, 0.15) is 5.75 Å². The van der Waals surface area contributed by atoms with Crippen LogP contribution in [0, 0.1) is 0 Å². The van der Waals surface area contributed by atoms with Crippen LogP contribution < -0.4 is 15.4 Å². The number of rotatable bonds is 6. The number of hydrogen-bond donors (Lipinski definition) is 3. The summed E-state index contributed by atoms with van der Waals surface area (Å²) in [6.45, 7) is 3.84. The minimum Gasteiger partial charge on any atom is -0.497 e. The van der Waals surface area contributed by atoms with Crippen molar-refractivity contribution >= 4 is 28.8 Å². The van der Waals surface area contributed by atoms with Gasteiger partial charge in [-0.3, -0.25) is 10.1 Å². The summed E-state index contributed by atoms with van der Waals surface area (Å²) in [6.07, 6.45) is 1.25. The van der Waals surface area contributed by atoms with E-state index in [0.717, 1.165) is 11.3 Å². The van der Waals surface area contributed by atoms with Gasteiger partial charge >= 0.3 is 6.03 Å². The van der Waals surface area contributed by atoms with Crippen molar-refractivity contribution in [3.8, 4) is 5.75 Å². The zero-order valence-corrected chi connectivity index (χ0v) is 14.2. The highest BCUT2D eigenvalue weighted by molar-refractivity contribution is 6.06. The van der Waals surface area contributed by atoms with Crippen molar-refractivity contribution in [2.24, 2.45) is 0 Å². The molecule has 3 rings (SSSR count). The molecule has 0 atom stereocenters. The molecule has 0 unspecified atom stereocenters. The topological polar surface area (TPSA) is 96.1 Å². The Kier molecular flexibility index (Phi) is 4.98. The van der Waals surface area contributed by atoms with Crippen LogP contribution >= 0.6 is 0 Å². The minimum atomic E-state index is -0.387. The van der Waals surface area contributed by atoms with E-state index >= 15 is 0 Å². The molecule has 26 heavy (non-hydrogen) atoms. The molecule has 0 saturated heterocycles. The van der Waals surface area contributed by atoms with Gasteiger partial charge in [-0.2, -0.15) is 0 Å². The number of nitrogens with zero attached hydrogens (tertiary/aromatic N) is 1. The number of nitrogens with one attached hydrogen (secondary N) is 3. The number of hydrogen-bond acceptors (Lipinski definition) is 4. The largest absolute Gasteiger partial charge is 0.497 e. The van der Waals surface area contributed by atoms with Gasteiger partial charge < -0.3 is 15.0 Å². The first-order valence-electron chi connectivity index (χ1n) is 7.93. The van der Waals surface area contributed by atoms with Crippen LogP contribution in [0.3, 0.4) is 0 Å². The third-order valence-corrected chi connectivity index (χ3v) is 3.80. The second-order valence-electron chi connectivity index (χ2n) is 5.54. The molecule has 1 aromatic heterocycles. The minimum absolute atomic E-state index is 0.173. The summed E-state index contributed by atoms with van der Waals surface area (Å²) in [4.78, 5) is 30.9. The lowest BCUT2D eigenvalue weighted by Crippen LogP contribution is -2.28. The van der Waals surface area contributed by atoms with Crippen LogP contribution in [0.5, 0.6) is 5.75 Å². The maximum atomic E-state index is 12.0. The number of urea groups is 1. The molecule has 3 N–H and O–H groups in total. The first-order valence-corrected chi connectivity index (χ1v) is 7.93. The number of anilines is 1. The Bertz CT molecular complexity index is 961. The zero-order chi connectivity index (χ0) is 18.5. The smallest absolute Gasteiger partial charge is 0.321 e. The van der Waals surface area contributed by atoms with Gasteiger partial charge in [0.25, 0.3) is 0 Å². The van der Waals surface area contributed by atoms with Gasteiger partial charge in [0.2, 0.25) is 5.95 Å². The number of H-pyrrole nitrogens is 1. The molecule has 0 bridgehead atoms. The number of methoxy groups -OCH3 is 1. The highest BCUT2D eigenvalue weighted by Gasteiger charge is 2.09. The Morgan fingerprint density at radius 3 is 2.69 bits per heavy atom. The van der Waals surface area contributed by atoms with Crippen molar-refractivity contribution in [2.45, 2.75) is 6.54 Å². The number of imidazole rings is 1. The predicted molar refractivity (Wildman–Crippen MR) is 99.5 cm³/mol. The first-order chi connectivity index (χ1) is 12.6. The predicted octanol–water partition coefficient (Wildman–Crippen LogP) is 3.26. The molecule has 7 heteroatoms. The summed E-state index contributed by atoms with van der Waals surface area (Å²) < 4.78 is 5.09. The summed E-state index contributed by atoms with van der Waals surface area (Å²) in [5.74, 6) is 0.887. The lowest BCUT2D eigenvalue weighted by Gasteiger charge is -2.06. The molecule has 0 fully saturated rings. The van der Waals surface area contributed by atoms with Crippen molar-refractivity contribution in [3.05, 3.63) is 66.2 Å². The van der Waals surface area contributed by atoms with Crippen LogP contribution in [0.25, 0.3) is 11.0 Å². The van der Waals surface area contributed by atoms with Crippen LogP contribution in [0.1, 0.15) is 15.9 Å². The molecule has 0 aliphatic rings. The average Bonchev–Trinajstić information content (AvgIpc) is 3.07. The fourth-order valence-electron chi connectivity index (χ4n) is 2.42. The van der Waals surface area contributed by atoms with E-state index in [0.29, 0.717) is 29.1 Å². The number of aromatic nitrogens is 2. The Morgan fingerprint density at radius 1 is 1.23 bits per heavy atom. The SMILES string of the molecule is C=CC(=O)c1ccc2nc(NC(=O)NCc3ccc(OC)cc3)[nH]c2c1. The van der Waals surface area contributed by atoms with Gasteiger partial charge in [-0.25, -0.2) is 9.78 Å². The van der Waals surface area contributed by atoms with E-state index in [1.807, 2.05) is 24.3 Å². The van der Waals surface area contributed by atoms with Crippen molar-refractivity contribution in [3.63, 3.8) is 0 Å². The number of aromatic amines is 1. The van der Waals surface area contributed by atoms with Crippen molar-refractivity contribution in [1.29, 1.82) is 0 Å². The van der Waals surface area contributed by atoms with Crippen LogP contribution in [0.2, 0.25) is 0 Å². The lowest BCUT2D eigenvalue weighted by molar-refractivity contribution is 0.104. The van der Waals surface area contributed by atoms with E-state index in [2.05, 4.69) is 27.2 Å². The molecule has 132 valence electrons. The van der Waals surface area contributed by atoms with Crippen molar-refractivity contribution < 1.29 is 14.3 Å². The van der Waals surface area contributed by atoms with Crippen LogP contribution in [-0.4, -0.2) is 28.9 Å². The van der Waals surface area contributed by atoms with Gasteiger partial charge in [0.15, 0.2) is 5.78 Å². The molecule has 2 aromatic carbocycles. The number of carbonyl (C=O) groups excluding carboxylic acids is 2. The molecule has 0 aliphatic heterocycles. The number of allylic oxidation sites excluding steroid dienone is 1. The average molecular weight is 350 g/mol. The number of benzene rings is 2. The molecule has 3 aromatic rings. The molecule has 0 radical (unpaired) electrons. The summed E-state index contributed by atoms with van der Waals surface area (Å²) >= 11 is 0. The van der Waals surface area contributed by atoms with E-state index in [4.69, 9.17) is 4.74 Å². The molecular formula is C19H18N4O3. The zero-order valence-electron chi connectivity index (χ0n) is 14.2. The van der Waals surface area contributed by atoms with Crippen molar-refractivity contribution in [1.82, 2.24) is 15.3 Å². The standard InChI is InChI=1S/C19H18N4O3/c1-3-17(24)13-6-9-15-16(10-13)22-18(21-15)23-19(25)20-11-12-4-7-14(26-2)8-5-12/h3-10H,1,11H2,2H3,(H3,20,21,22,23,25). The van der Waals surface area contributed by atoms with Gasteiger partial charge in [0, 0.05) is 12.1 Å². The quantitative estimate of drug-likeness (QED) is 0.470. The third kappa shape index (κ3) is 3.89. The van der Waals surface area contributed by atoms with E-state index in [-0.39, 0.29) is 11.8 Å². The summed E-state index contributed by atoms with van der Waals surface area (Å²) in [5.41, 5.74) is 2.75. The Morgan fingerprint density at radius 2 is 2.00 bits per heavy atom. The Hall–Kier alpha value is -3.61. The molecule has 0 saturated carbocycles. The van der Waals surface area contributed by atoms with Gasteiger partial charge in [-0.05, 0) is 42.0 Å². The number of amides is 2. The highest BCUT2D eigenvalue weighted by atomic mass is 16.5. The van der Waals surface area contributed by atoms with Gasteiger partial charge in [0.05, 0.1) is 18.1 Å². The van der Waals surface area contributed by atoms with E-state index < -0.39 is 0 Å². The second kappa shape index (κ2) is 7.52. The van der Waals surface area contributed by atoms with Crippen LogP contribution in [0.15, 0.2) is 55.1 Å². The molecule has 0 aliphatic carbocycles. The van der Waals surface area contributed by atoms with Gasteiger partial charge in [-0.1, -0.05) is 18.7 Å². The maximum Gasteiger partial charge on any atom is 0.321 e. The summed E-state index contributed by atoms with van der Waals surface area (Å²) in [5, 5.41) is 5.39. The molecule has 2 amide bonds. The first kappa shape index (κ1) is 17.2. The Balaban J connectivity index is 1.63. The fraction of sp³-hybridized carbons (Fsp3) is 0.105. The number of ketones is 1. The normalized spacial score (nSPS) is 10.3. The highest BCUT2D eigenvalue weighted by Crippen LogP contribution is 2.17. The maximum absolute atomic E-state index is 12.0. The van der Waals surface area contributed by atoms with Crippen LogP contribution in [-0.2, 0) is 6.54 Å². The summed E-state index contributed by atoms with van der Waals surface area (Å²) in [6, 6.07) is 12.1. The monoisotopic (exact) mass is 350 g/mol. The van der Waals surface area contributed by atoms with E-state index in [1.54, 1.807) is 25.3 Å².